The molecule has 1 aliphatic rings. The first-order valence-electron chi connectivity index (χ1n) is 7.80. The Morgan fingerprint density at radius 2 is 2.04 bits per heavy atom. The number of nitrogens with zero attached hydrogens (tertiary/aromatic N) is 6. The lowest BCUT2D eigenvalue weighted by atomic mass is 10.1. The molecule has 2 aromatic rings. The van der Waals surface area contributed by atoms with Crippen LogP contribution in [-0.2, 0) is 6.67 Å². The number of aromatic nitrogens is 3. The minimum atomic E-state index is -0.430. The van der Waals surface area contributed by atoms with Crippen LogP contribution < -0.4 is 0 Å². The van der Waals surface area contributed by atoms with E-state index in [-0.39, 0.29) is 5.69 Å². The molecule has 0 aliphatic carbocycles. The summed E-state index contributed by atoms with van der Waals surface area (Å²) in [4.78, 5) is 12.9. The van der Waals surface area contributed by atoms with Crippen molar-refractivity contribution in [3.8, 4) is 0 Å². The summed E-state index contributed by atoms with van der Waals surface area (Å²) in [6.07, 6.45) is 6.63. The third-order valence-corrected chi connectivity index (χ3v) is 4.35. The molecule has 1 fully saturated rings. The molecule has 0 N–H and O–H groups in total. The lowest BCUT2D eigenvalue weighted by Gasteiger charge is -2.25. The van der Waals surface area contributed by atoms with E-state index in [0.29, 0.717) is 17.0 Å². The van der Waals surface area contributed by atoms with Gasteiger partial charge in [0, 0.05) is 6.07 Å². The van der Waals surface area contributed by atoms with E-state index in [2.05, 4.69) is 15.1 Å². The SMILES string of the molecule is O=[N+]([O-])c1ccccc1/C=N\n1cnn(CN2CCCCC2)c1=S. The second-order valence-electron chi connectivity index (χ2n) is 5.64. The van der Waals surface area contributed by atoms with Crippen LogP contribution in [0.2, 0.25) is 0 Å². The van der Waals surface area contributed by atoms with Crippen molar-refractivity contribution in [3.05, 3.63) is 51.0 Å². The number of benzene rings is 1. The zero-order valence-electron chi connectivity index (χ0n) is 13.1. The molecule has 0 amide bonds. The molecule has 9 heteroatoms. The third-order valence-electron chi connectivity index (χ3n) is 3.95. The molecule has 1 aromatic carbocycles. The van der Waals surface area contributed by atoms with Crippen LogP contribution in [0.15, 0.2) is 35.7 Å². The molecule has 0 radical (unpaired) electrons. The van der Waals surface area contributed by atoms with Gasteiger partial charge in [-0.3, -0.25) is 15.0 Å². The number of hydrogen-bond acceptors (Lipinski definition) is 6. The summed E-state index contributed by atoms with van der Waals surface area (Å²) in [6.45, 7) is 2.75. The summed E-state index contributed by atoms with van der Waals surface area (Å²) in [6, 6.07) is 6.44. The Labute approximate surface area is 144 Å². The number of nitro benzene ring substituents is 1. The zero-order valence-corrected chi connectivity index (χ0v) is 13.9. The van der Waals surface area contributed by atoms with Crippen molar-refractivity contribution in [2.75, 3.05) is 13.1 Å². The topological polar surface area (TPSA) is 81.5 Å². The van der Waals surface area contributed by atoms with Crippen molar-refractivity contribution in [2.24, 2.45) is 5.10 Å². The molecule has 0 bridgehead atoms. The molecular weight excluding hydrogens is 328 g/mol. The van der Waals surface area contributed by atoms with Crippen molar-refractivity contribution in [1.82, 2.24) is 19.4 Å². The van der Waals surface area contributed by atoms with Gasteiger partial charge in [0.15, 0.2) is 0 Å². The predicted molar refractivity (Wildman–Crippen MR) is 92.6 cm³/mol. The Kier molecular flexibility index (Phi) is 5.11. The summed E-state index contributed by atoms with van der Waals surface area (Å²) in [7, 11) is 0. The van der Waals surface area contributed by atoms with Crippen molar-refractivity contribution >= 4 is 24.1 Å². The van der Waals surface area contributed by atoms with E-state index in [0.717, 1.165) is 13.1 Å². The summed E-state index contributed by atoms with van der Waals surface area (Å²) < 4.78 is 3.64. The van der Waals surface area contributed by atoms with Gasteiger partial charge in [0.2, 0.25) is 4.77 Å². The fourth-order valence-corrected chi connectivity index (χ4v) is 2.88. The number of rotatable bonds is 5. The lowest BCUT2D eigenvalue weighted by molar-refractivity contribution is -0.385. The van der Waals surface area contributed by atoms with Gasteiger partial charge in [0.25, 0.3) is 5.69 Å². The first kappa shape index (κ1) is 16.5. The molecule has 1 aliphatic heterocycles. The summed E-state index contributed by atoms with van der Waals surface area (Å²) in [5.41, 5.74) is 0.432. The van der Waals surface area contributed by atoms with E-state index in [1.807, 2.05) is 0 Å². The number of piperidine rings is 1. The molecule has 8 nitrogen and oxygen atoms in total. The van der Waals surface area contributed by atoms with E-state index in [1.165, 1.54) is 42.5 Å². The average molecular weight is 346 g/mol. The zero-order chi connectivity index (χ0) is 16.9. The highest BCUT2D eigenvalue weighted by Crippen LogP contribution is 2.15. The molecule has 0 unspecified atom stereocenters. The average Bonchev–Trinajstić information content (AvgIpc) is 2.94. The normalized spacial score (nSPS) is 15.8. The predicted octanol–water partition coefficient (Wildman–Crippen LogP) is 2.65. The van der Waals surface area contributed by atoms with Crippen LogP contribution in [0.3, 0.4) is 0 Å². The Hall–Kier alpha value is -2.39. The number of nitro groups is 1. The number of likely N-dealkylation sites (tertiary alicyclic amines) is 1. The van der Waals surface area contributed by atoms with Crippen LogP contribution in [0.5, 0.6) is 0 Å². The first-order valence-corrected chi connectivity index (χ1v) is 8.20. The minimum absolute atomic E-state index is 0.00785. The fourth-order valence-electron chi connectivity index (χ4n) is 2.68. The van der Waals surface area contributed by atoms with Gasteiger partial charge in [-0.2, -0.15) is 14.9 Å². The van der Waals surface area contributed by atoms with Crippen molar-refractivity contribution in [2.45, 2.75) is 25.9 Å². The first-order chi connectivity index (χ1) is 11.6. The monoisotopic (exact) mass is 346 g/mol. The Morgan fingerprint density at radius 1 is 1.29 bits per heavy atom. The maximum absolute atomic E-state index is 11.0. The molecule has 126 valence electrons. The maximum Gasteiger partial charge on any atom is 0.278 e. The van der Waals surface area contributed by atoms with Gasteiger partial charge in [-0.25, -0.2) is 4.68 Å². The van der Waals surface area contributed by atoms with Gasteiger partial charge < -0.3 is 0 Å². The van der Waals surface area contributed by atoms with Crippen LogP contribution in [0, 0.1) is 14.9 Å². The maximum atomic E-state index is 11.0. The van der Waals surface area contributed by atoms with Gasteiger partial charge in [-0.15, -0.1) is 0 Å². The van der Waals surface area contributed by atoms with Gasteiger partial charge >= 0.3 is 0 Å². The molecule has 0 atom stereocenters. The highest BCUT2D eigenvalue weighted by Gasteiger charge is 2.13. The molecule has 24 heavy (non-hydrogen) atoms. The number of para-hydroxylation sites is 1. The van der Waals surface area contributed by atoms with Gasteiger partial charge in [0.1, 0.15) is 6.33 Å². The summed E-state index contributed by atoms with van der Waals surface area (Å²) >= 11 is 5.38. The van der Waals surface area contributed by atoms with E-state index in [4.69, 9.17) is 12.2 Å². The van der Waals surface area contributed by atoms with Crippen LogP contribution in [0.4, 0.5) is 5.69 Å². The van der Waals surface area contributed by atoms with Crippen LogP contribution >= 0.6 is 12.2 Å². The standard InChI is InChI=1S/C15H18N6O2S/c22-21(23)14-7-3-2-6-13(14)10-16-19-11-17-20(15(19)24)12-18-8-4-1-5-9-18/h2-3,6-7,10-11H,1,4-5,8-9,12H2/b16-10-. The van der Waals surface area contributed by atoms with Gasteiger partial charge in [-0.1, -0.05) is 18.6 Å². The van der Waals surface area contributed by atoms with Crippen molar-refractivity contribution in [3.63, 3.8) is 0 Å². The van der Waals surface area contributed by atoms with Crippen LogP contribution in [0.25, 0.3) is 0 Å². The molecular formula is C15H18N6O2S. The molecule has 3 rings (SSSR count). The minimum Gasteiger partial charge on any atom is -0.284 e. The largest absolute Gasteiger partial charge is 0.284 e. The molecule has 0 saturated carbocycles. The fraction of sp³-hybridized carbons (Fsp3) is 0.400. The molecule has 1 aromatic heterocycles. The third kappa shape index (κ3) is 3.74. The van der Waals surface area contributed by atoms with Crippen molar-refractivity contribution < 1.29 is 4.92 Å². The van der Waals surface area contributed by atoms with E-state index in [9.17, 15) is 10.1 Å². The van der Waals surface area contributed by atoms with Gasteiger partial charge in [-0.05, 0) is 44.2 Å². The Balaban J connectivity index is 1.77. The number of hydrogen-bond donors (Lipinski definition) is 0. The van der Waals surface area contributed by atoms with E-state index in [1.54, 1.807) is 22.9 Å². The summed E-state index contributed by atoms with van der Waals surface area (Å²) in [5, 5.41) is 19.5. The van der Waals surface area contributed by atoms with Crippen LogP contribution in [0.1, 0.15) is 24.8 Å². The van der Waals surface area contributed by atoms with E-state index >= 15 is 0 Å². The molecule has 0 spiro atoms. The van der Waals surface area contributed by atoms with Crippen LogP contribution in [-0.4, -0.2) is 43.6 Å². The van der Waals surface area contributed by atoms with E-state index < -0.39 is 4.92 Å². The van der Waals surface area contributed by atoms with Gasteiger partial charge in [0.05, 0.1) is 23.4 Å². The smallest absolute Gasteiger partial charge is 0.278 e. The summed E-state index contributed by atoms with van der Waals surface area (Å²) in [5.74, 6) is 0. The highest BCUT2D eigenvalue weighted by molar-refractivity contribution is 7.71. The second-order valence-corrected chi connectivity index (χ2v) is 6.00. The Bertz CT molecular complexity index is 806. The lowest BCUT2D eigenvalue weighted by Crippen LogP contribution is -2.32. The molecule has 2 heterocycles. The second kappa shape index (κ2) is 7.45. The highest BCUT2D eigenvalue weighted by atomic mass is 32.1. The Morgan fingerprint density at radius 3 is 2.79 bits per heavy atom. The quantitative estimate of drug-likeness (QED) is 0.360. The van der Waals surface area contributed by atoms with Crippen molar-refractivity contribution in [1.29, 1.82) is 0 Å². The molecule has 1 saturated heterocycles.